The van der Waals surface area contributed by atoms with E-state index >= 15 is 0 Å². The van der Waals surface area contributed by atoms with E-state index in [-0.39, 0.29) is 25.0 Å². The van der Waals surface area contributed by atoms with E-state index in [1.165, 1.54) is 0 Å². The first kappa shape index (κ1) is 25.6. The van der Waals surface area contributed by atoms with Gasteiger partial charge in [-0.3, -0.25) is 9.59 Å². The second-order valence-electron chi connectivity index (χ2n) is 7.87. The highest BCUT2D eigenvalue weighted by atomic mass is 35.5. The normalized spacial score (nSPS) is 11.5. The van der Waals surface area contributed by atoms with Crippen LogP contribution >= 0.6 is 23.2 Å². The van der Waals surface area contributed by atoms with Gasteiger partial charge >= 0.3 is 0 Å². The van der Waals surface area contributed by atoms with Gasteiger partial charge in [-0.1, -0.05) is 90.8 Å². The van der Waals surface area contributed by atoms with Gasteiger partial charge in [-0.25, -0.2) is 0 Å². The lowest BCUT2D eigenvalue weighted by atomic mass is 10.0. The number of hydrogen-bond acceptors (Lipinski definition) is 3. The fourth-order valence-corrected chi connectivity index (χ4v) is 3.98. The standard InChI is InChI=1S/C27H28Cl2N2O3/c1-2-15-30-27(33)24(16-20-9-5-3-6-10-20)31(18-21-11-7-4-8-12-21)26(32)19-34-25-14-13-22(28)17-23(25)29/h3-14,17,24H,2,15-16,18-19H2,1H3,(H,30,33)/t24-/m0/s1. The van der Waals surface area contributed by atoms with Crippen LogP contribution < -0.4 is 10.1 Å². The molecule has 0 saturated carbocycles. The summed E-state index contributed by atoms with van der Waals surface area (Å²) in [5, 5.41) is 3.75. The van der Waals surface area contributed by atoms with Gasteiger partial charge in [0, 0.05) is 24.5 Å². The molecule has 0 unspecified atom stereocenters. The van der Waals surface area contributed by atoms with Crippen LogP contribution in [0.3, 0.4) is 0 Å². The Balaban J connectivity index is 1.87. The first-order chi connectivity index (χ1) is 16.5. The predicted octanol–water partition coefficient (Wildman–Crippen LogP) is 5.54. The van der Waals surface area contributed by atoms with E-state index in [9.17, 15) is 9.59 Å². The Hall–Kier alpha value is -3.02. The number of halogens is 2. The molecule has 1 atom stereocenters. The van der Waals surface area contributed by atoms with Crippen LogP contribution in [-0.4, -0.2) is 35.9 Å². The maximum absolute atomic E-state index is 13.5. The molecule has 5 nitrogen and oxygen atoms in total. The molecule has 34 heavy (non-hydrogen) atoms. The number of benzene rings is 3. The quantitative estimate of drug-likeness (QED) is 0.377. The van der Waals surface area contributed by atoms with Crippen LogP contribution in [0.5, 0.6) is 5.75 Å². The summed E-state index contributed by atoms with van der Waals surface area (Å²) in [6.45, 7) is 2.53. The molecule has 3 aromatic rings. The third-order valence-corrected chi connectivity index (χ3v) is 5.79. The summed E-state index contributed by atoms with van der Waals surface area (Å²) in [6, 6.07) is 23.4. The Morgan fingerprint density at radius 1 is 0.941 bits per heavy atom. The molecule has 7 heteroatoms. The number of amides is 2. The van der Waals surface area contributed by atoms with Gasteiger partial charge < -0.3 is 15.0 Å². The molecule has 0 saturated heterocycles. The molecule has 178 valence electrons. The Morgan fingerprint density at radius 2 is 1.59 bits per heavy atom. The fourth-order valence-electron chi connectivity index (χ4n) is 3.51. The number of carbonyl (C=O) groups excluding carboxylic acids is 2. The molecule has 0 spiro atoms. The summed E-state index contributed by atoms with van der Waals surface area (Å²) in [5.41, 5.74) is 1.88. The molecule has 0 heterocycles. The third-order valence-electron chi connectivity index (χ3n) is 5.26. The van der Waals surface area contributed by atoms with Crippen molar-refractivity contribution < 1.29 is 14.3 Å². The maximum atomic E-state index is 13.5. The van der Waals surface area contributed by atoms with Crippen molar-refractivity contribution in [2.75, 3.05) is 13.2 Å². The van der Waals surface area contributed by atoms with Crippen molar-refractivity contribution in [1.82, 2.24) is 10.2 Å². The fraction of sp³-hybridized carbons (Fsp3) is 0.259. The van der Waals surface area contributed by atoms with Crippen molar-refractivity contribution in [2.45, 2.75) is 32.4 Å². The van der Waals surface area contributed by atoms with E-state index in [4.69, 9.17) is 27.9 Å². The number of rotatable bonds is 11. The molecular weight excluding hydrogens is 471 g/mol. The van der Waals surface area contributed by atoms with Gasteiger partial charge in [-0.2, -0.15) is 0 Å². The van der Waals surface area contributed by atoms with Crippen molar-refractivity contribution in [2.24, 2.45) is 0 Å². The van der Waals surface area contributed by atoms with Crippen molar-refractivity contribution in [3.8, 4) is 5.75 Å². The van der Waals surface area contributed by atoms with Gasteiger partial charge in [0.1, 0.15) is 11.8 Å². The SMILES string of the molecule is CCCNC(=O)[C@H](Cc1ccccc1)N(Cc1ccccc1)C(=O)COc1ccc(Cl)cc1Cl. The van der Waals surface area contributed by atoms with E-state index in [0.717, 1.165) is 17.5 Å². The second kappa shape index (κ2) is 13.0. The van der Waals surface area contributed by atoms with Gasteiger partial charge in [0.05, 0.1) is 5.02 Å². The number of nitrogens with one attached hydrogen (secondary N) is 1. The van der Waals surface area contributed by atoms with Gasteiger partial charge in [-0.15, -0.1) is 0 Å². The van der Waals surface area contributed by atoms with Crippen molar-refractivity contribution in [1.29, 1.82) is 0 Å². The lowest BCUT2D eigenvalue weighted by molar-refractivity contribution is -0.142. The molecule has 0 bridgehead atoms. The predicted molar refractivity (Wildman–Crippen MR) is 136 cm³/mol. The van der Waals surface area contributed by atoms with Crippen LogP contribution in [0.4, 0.5) is 0 Å². The number of carbonyl (C=O) groups is 2. The summed E-state index contributed by atoms with van der Waals surface area (Å²) < 4.78 is 5.72. The smallest absolute Gasteiger partial charge is 0.261 e. The van der Waals surface area contributed by atoms with E-state index < -0.39 is 6.04 Å². The highest BCUT2D eigenvalue weighted by Gasteiger charge is 2.30. The molecule has 0 aliphatic heterocycles. The summed E-state index contributed by atoms with van der Waals surface area (Å²) in [6.07, 6.45) is 1.19. The molecule has 1 N–H and O–H groups in total. The van der Waals surface area contributed by atoms with E-state index in [1.807, 2.05) is 67.6 Å². The molecular formula is C27H28Cl2N2O3. The maximum Gasteiger partial charge on any atom is 0.261 e. The average Bonchev–Trinajstić information content (AvgIpc) is 2.85. The lowest BCUT2D eigenvalue weighted by Gasteiger charge is -2.31. The Morgan fingerprint density at radius 3 is 2.21 bits per heavy atom. The van der Waals surface area contributed by atoms with Gasteiger partial charge in [0.25, 0.3) is 5.91 Å². The minimum Gasteiger partial charge on any atom is -0.482 e. The van der Waals surface area contributed by atoms with Crippen LogP contribution in [0.2, 0.25) is 10.0 Å². The monoisotopic (exact) mass is 498 g/mol. The topological polar surface area (TPSA) is 58.6 Å². The zero-order valence-electron chi connectivity index (χ0n) is 19.0. The largest absolute Gasteiger partial charge is 0.482 e. The number of ether oxygens (including phenoxy) is 1. The number of nitrogens with zero attached hydrogens (tertiary/aromatic N) is 1. The van der Waals surface area contributed by atoms with Crippen molar-refractivity contribution in [3.05, 3.63) is 100 Å². The Kier molecular flexibility index (Phi) is 9.80. The molecule has 0 aliphatic carbocycles. The van der Waals surface area contributed by atoms with Crippen LogP contribution in [0.25, 0.3) is 0 Å². The van der Waals surface area contributed by atoms with Crippen LogP contribution in [0, 0.1) is 0 Å². The van der Waals surface area contributed by atoms with E-state index in [0.29, 0.717) is 28.8 Å². The van der Waals surface area contributed by atoms with Crippen LogP contribution in [-0.2, 0) is 22.6 Å². The molecule has 0 fully saturated rings. The first-order valence-corrected chi connectivity index (χ1v) is 12.0. The highest BCUT2D eigenvalue weighted by Crippen LogP contribution is 2.27. The van der Waals surface area contributed by atoms with Gasteiger partial charge in [0.15, 0.2) is 6.61 Å². The summed E-state index contributed by atoms with van der Waals surface area (Å²) in [5.74, 6) is -0.156. The Bertz CT molecular complexity index is 1080. The molecule has 2 amide bonds. The van der Waals surface area contributed by atoms with Gasteiger partial charge in [0.2, 0.25) is 5.91 Å². The molecule has 0 aromatic heterocycles. The average molecular weight is 499 g/mol. The first-order valence-electron chi connectivity index (χ1n) is 11.2. The Labute approximate surface area is 210 Å². The number of hydrogen-bond donors (Lipinski definition) is 1. The molecule has 3 aromatic carbocycles. The minimum absolute atomic E-state index is 0.195. The highest BCUT2D eigenvalue weighted by molar-refractivity contribution is 6.35. The minimum atomic E-state index is -0.703. The van der Waals surface area contributed by atoms with Crippen LogP contribution in [0.15, 0.2) is 78.9 Å². The van der Waals surface area contributed by atoms with Gasteiger partial charge in [-0.05, 0) is 35.7 Å². The molecule has 0 radical (unpaired) electrons. The summed E-state index contributed by atoms with van der Waals surface area (Å²) in [7, 11) is 0. The van der Waals surface area contributed by atoms with Crippen molar-refractivity contribution >= 4 is 35.0 Å². The lowest BCUT2D eigenvalue weighted by Crippen LogP contribution is -2.51. The summed E-state index contributed by atoms with van der Waals surface area (Å²) >= 11 is 12.2. The van der Waals surface area contributed by atoms with Crippen molar-refractivity contribution in [3.63, 3.8) is 0 Å². The molecule has 0 aliphatic rings. The van der Waals surface area contributed by atoms with E-state index in [1.54, 1.807) is 23.1 Å². The third kappa shape index (κ3) is 7.51. The summed E-state index contributed by atoms with van der Waals surface area (Å²) in [4.78, 5) is 28.3. The zero-order valence-corrected chi connectivity index (χ0v) is 20.6. The molecule has 3 rings (SSSR count). The van der Waals surface area contributed by atoms with Crippen LogP contribution in [0.1, 0.15) is 24.5 Å². The second-order valence-corrected chi connectivity index (χ2v) is 8.71. The van der Waals surface area contributed by atoms with E-state index in [2.05, 4.69) is 5.32 Å². The zero-order chi connectivity index (χ0) is 24.3.